The van der Waals surface area contributed by atoms with Crippen molar-refractivity contribution in [2.45, 2.75) is 46.5 Å². The van der Waals surface area contributed by atoms with E-state index in [1.807, 2.05) is 52.0 Å². The molecule has 0 fully saturated rings. The molecule has 1 aliphatic rings. The van der Waals surface area contributed by atoms with Gasteiger partial charge in [0.1, 0.15) is 0 Å². The summed E-state index contributed by atoms with van der Waals surface area (Å²) in [5.41, 5.74) is 5.66. The van der Waals surface area contributed by atoms with Crippen molar-refractivity contribution in [2.24, 2.45) is 11.8 Å². The van der Waals surface area contributed by atoms with Gasteiger partial charge in [-0.25, -0.2) is 0 Å². The Morgan fingerprint density at radius 1 is 0.862 bits per heavy atom. The number of carbonyl (C=O) groups is 2. The lowest BCUT2D eigenvalue weighted by Crippen LogP contribution is -2.23. The van der Waals surface area contributed by atoms with Gasteiger partial charge in [-0.1, -0.05) is 64.1 Å². The summed E-state index contributed by atoms with van der Waals surface area (Å²) in [4.78, 5) is 25.2. The number of esters is 2. The highest BCUT2D eigenvalue weighted by Gasteiger charge is 2.28. The van der Waals surface area contributed by atoms with E-state index in [2.05, 4.69) is 18.2 Å². The van der Waals surface area contributed by atoms with Crippen LogP contribution in [0.1, 0.15) is 56.7 Å². The van der Waals surface area contributed by atoms with Gasteiger partial charge < -0.3 is 9.47 Å². The second kappa shape index (κ2) is 9.25. The standard InChI is InChI=1S/C25H30O4/c1-16(2)14-28-24(26)13-23(25(27)29-15-17(3)4)20-10-9-19-11-18-7-5-6-8-21(18)22(19)12-20/h5-10,12,16-17,23H,11,13-15H2,1-4H3. The lowest BCUT2D eigenvalue weighted by Gasteiger charge is -2.18. The molecule has 1 atom stereocenters. The Kier molecular flexibility index (Phi) is 6.73. The van der Waals surface area contributed by atoms with Gasteiger partial charge in [-0.05, 0) is 52.1 Å². The van der Waals surface area contributed by atoms with Crippen molar-refractivity contribution in [3.8, 4) is 11.1 Å². The van der Waals surface area contributed by atoms with Gasteiger partial charge in [-0.15, -0.1) is 0 Å². The molecule has 0 heterocycles. The first kappa shape index (κ1) is 21.1. The third-order valence-corrected chi connectivity index (χ3v) is 5.02. The molecule has 0 N–H and O–H groups in total. The van der Waals surface area contributed by atoms with Crippen LogP contribution in [0, 0.1) is 11.8 Å². The third kappa shape index (κ3) is 5.26. The van der Waals surface area contributed by atoms with Gasteiger partial charge >= 0.3 is 11.9 Å². The van der Waals surface area contributed by atoms with Crippen LogP contribution in [0.3, 0.4) is 0 Å². The largest absolute Gasteiger partial charge is 0.465 e. The van der Waals surface area contributed by atoms with E-state index in [4.69, 9.17) is 9.47 Å². The molecule has 0 bridgehead atoms. The van der Waals surface area contributed by atoms with Crippen LogP contribution < -0.4 is 0 Å². The van der Waals surface area contributed by atoms with Crippen LogP contribution in [-0.2, 0) is 25.5 Å². The maximum absolute atomic E-state index is 12.8. The van der Waals surface area contributed by atoms with E-state index in [1.165, 1.54) is 16.7 Å². The number of hydrogen-bond acceptors (Lipinski definition) is 4. The summed E-state index contributed by atoms with van der Waals surface area (Å²) >= 11 is 0. The SMILES string of the molecule is CC(C)COC(=O)CC(C(=O)OCC(C)C)c1ccc2c(c1)-c1ccccc1C2. The van der Waals surface area contributed by atoms with Gasteiger partial charge in [-0.3, -0.25) is 9.59 Å². The second-order valence-corrected chi connectivity index (χ2v) is 8.61. The van der Waals surface area contributed by atoms with Crippen LogP contribution in [0.4, 0.5) is 0 Å². The fourth-order valence-electron chi connectivity index (χ4n) is 3.53. The Hall–Kier alpha value is -2.62. The molecule has 154 valence electrons. The smallest absolute Gasteiger partial charge is 0.314 e. The first-order chi connectivity index (χ1) is 13.8. The molecule has 3 rings (SSSR count). The van der Waals surface area contributed by atoms with Crippen molar-refractivity contribution in [1.29, 1.82) is 0 Å². The monoisotopic (exact) mass is 394 g/mol. The third-order valence-electron chi connectivity index (χ3n) is 5.02. The van der Waals surface area contributed by atoms with Gasteiger partial charge in [0.15, 0.2) is 0 Å². The molecule has 1 aliphatic carbocycles. The van der Waals surface area contributed by atoms with E-state index < -0.39 is 5.92 Å². The average molecular weight is 395 g/mol. The van der Waals surface area contributed by atoms with Crippen molar-refractivity contribution in [3.63, 3.8) is 0 Å². The zero-order valence-electron chi connectivity index (χ0n) is 17.7. The molecule has 0 spiro atoms. The van der Waals surface area contributed by atoms with Crippen LogP contribution in [-0.4, -0.2) is 25.2 Å². The summed E-state index contributed by atoms with van der Waals surface area (Å²) in [5, 5.41) is 0. The molecule has 0 amide bonds. The van der Waals surface area contributed by atoms with Crippen LogP contribution in [0.25, 0.3) is 11.1 Å². The first-order valence-corrected chi connectivity index (χ1v) is 10.4. The second-order valence-electron chi connectivity index (χ2n) is 8.61. The maximum Gasteiger partial charge on any atom is 0.314 e. The molecule has 0 saturated heterocycles. The first-order valence-electron chi connectivity index (χ1n) is 10.4. The zero-order valence-corrected chi connectivity index (χ0v) is 17.7. The lowest BCUT2D eigenvalue weighted by molar-refractivity contribution is -0.153. The van der Waals surface area contributed by atoms with Crippen molar-refractivity contribution in [1.82, 2.24) is 0 Å². The summed E-state index contributed by atoms with van der Waals surface area (Å²) in [6.07, 6.45) is 0.884. The van der Waals surface area contributed by atoms with Gasteiger partial charge in [0, 0.05) is 0 Å². The molecule has 1 unspecified atom stereocenters. The lowest BCUT2D eigenvalue weighted by atomic mass is 9.92. The van der Waals surface area contributed by atoms with Gasteiger partial charge in [-0.2, -0.15) is 0 Å². The minimum Gasteiger partial charge on any atom is -0.465 e. The highest BCUT2D eigenvalue weighted by molar-refractivity contribution is 5.86. The molecule has 2 aromatic carbocycles. The molecule has 2 aromatic rings. The number of carbonyl (C=O) groups excluding carboxylic acids is 2. The maximum atomic E-state index is 12.8. The van der Waals surface area contributed by atoms with E-state index in [9.17, 15) is 9.59 Å². The molecule has 0 saturated carbocycles. The molecular weight excluding hydrogens is 364 g/mol. The zero-order chi connectivity index (χ0) is 21.0. The van der Waals surface area contributed by atoms with Gasteiger partial charge in [0.05, 0.1) is 25.6 Å². The molecule has 0 radical (unpaired) electrons. The van der Waals surface area contributed by atoms with Crippen molar-refractivity contribution in [2.75, 3.05) is 13.2 Å². The summed E-state index contributed by atoms with van der Waals surface area (Å²) in [7, 11) is 0. The molecule has 0 aromatic heterocycles. The number of benzene rings is 2. The number of hydrogen-bond donors (Lipinski definition) is 0. The van der Waals surface area contributed by atoms with Crippen molar-refractivity contribution < 1.29 is 19.1 Å². The molecule has 0 aliphatic heterocycles. The fraction of sp³-hybridized carbons (Fsp3) is 0.440. The minimum atomic E-state index is -0.661. The summed E-state index contributed by atoms with van der Waals surface area (Å²) in [5.74, 6) is -0.912. The van der Waals surface area contributed by atoms with Gasteiger partial charge in [0.2, 0.25) is 0 Å². The van der Waals surface area contributed by atoms with Gasteiger partial charge in [0.25, 0.3) is 0 Å². The molecule has 4 heteroatoms. The van der Waals surface area contributed by atoms with Crippen LogP contribution >= 0.6 is 0 Å². The van der Waals surface area contributed by atoms with Crippen molar-refractivity contribution in [3.05, 3.63) is 59.2 Å². The Bertz CT molecular complexity index is 882. The van der Waals surface area contributed by atoms with Crippen LogP contribution in [0.5, 0.6) is 0 Å². The molecular formula is C25H30O4. The Morgan fingerprint density at radius 3 is 2.24 bits per heavy atom. The number of rotatable bonds is 8. The summed E-state index contributed by atoms with van der Waals surface area (Å²) < 4.78 is 10.8. The van der Waals surface area contributed by atoms with E-state index in [0.29, 0.717) is 13.2 Å². The topological polar surface area (TPSA) is 52.6 Å². The fourth-order valence-corrected chi connectivity index (χ4v) is 3.53. The number of ether oxygens (including phenoxy) is 2. The van der Waals surface area contributed by atoms with E-state index >= 15 is 0 Å². The predicted molar refractivity (Wildman–Crippen MR) is 114 cm³/mol. The Labute approximate surface area is 173 Å². The van der Waals surface area contributed by atoms with Crippen LogP contribution in [0.2, 0.25) is 0 Å². The summed E-state index contributed by atoms with van der Waals surface area (Å²) in [6.45, 7) is 8.64. The average Bonchev–Trinajstić information content (AvgIpc) is 3.06. The quantitative estimate of drug-likeness (QED) is 0.497. The Balaban J connectivity index is 1.86. The van der Waals surface area contributed by atoms with Crippen molar-refractivity contribution >= 4 is 11.9 Å². The summed E-state index contributed by atoms with van der Waals surface area (Å²) in [6, 6.07) is 14.4. The predicted octanol–water partition coefficient (Wildman–Crippen LogP) is 5.13. The minimum absolute atomic E-state index is 0.00984. The molecule has 4 nitrogen and oxygen atoms in total. The highest BCUT2D eigenvalue weighted by Crippen LogP contribution is 2.38. The van der Waals surface area contributed by atoms with E-state index in [0.717, 1.165) is 17.5 Å². The van der Waals surface area contributed by atoms with E-state index in [-0.39, 0.29) is 30.2 Å². The highest BCUT2D eigenvalue weighted by atomic mass is 16.5. The molecule has 29 heavy (non-hydrogen) atoms. The normalized spacial score (nSPS) is 13.2. The van der Waals surface area contributed by atoms with E-state index in [1.54, 1.807) is 0 Å². The Morgan fingerprint density at radius 2 is 1.52 bits per heavy atom. The van der Waals surface area contributed by atoms with Crippen LogP contribution in [0.15, 0.2) is 42.5 Å². The number of fused-ring (bicyclic) bond motifs is 3.